The minimum Gasteiger partial charge on any atom is -0.391 e. The molecule has 3 aromatic rings. The summed E-state index contributed by atoms with van der Waals surface area (Å²) in [5, 5.41) is 16.5. The average molecular weight is 340 g/mol. The highest BCUT2D eigenvalue weighted by atomic mass is 32.1. The Morgan fingerprint density at radius 3 is 2.88 bits per heavy atom. The molecule has 1 fully saturated rings. The topological polar surface area (TPSA) is 71.2 Å². The van der Waals surface area contributed by atoms with Crippen LogP contribution < -0.4 is 0 Å². The first-order chi connectivity index (χ1) is 11.7. The third-order valence-electron chi connectivity index (χ3n) is 4.02. The van der Waals surface area contributed by atoms with Crippen molar-refractivity contribution >= 4 is 17.2 Å². The largest absolute Gasteiger partial charge is 0.391 e. The number of amides is 1. The van der Waals surface area contributed by atoms with Crippen molar-refractivity contribution in [3.05, 3.63) is 53.8 Å². The van der Waals surface area contributed by atoms with Crippen molar-refractivity contribution in [1.29, 1.82) is 0 Å². The van der Waals surface area contributed by atoms with Crippen molar-refractivity contribution in [3.8, 4) is 16.3 Å². The van der Waals surface area contributed by atoms with E-state index in [1.807, 2.05) is 36.5 Å². The maximum atomic E-state index is 12.4. The molecule has 2 aromatic heterocycles. The maximum Gasteiger partial charge on any atom is 0.273 e. The number of benzene rings is 1. The van der Waals surface area contributed by atoms with E-state index in [9.17, 15) is 9.90 Å². The number of aliphatic hydroxyl groups is 1. The number of para-hydroxylation sites is 1. The lowest BCUT2D eigenvalue weighted by molar-refractivity contribution is 0.0760. The van der Waals surface area contributed by atoms with Crippen LogP contribution >= 0.6 is 11.3 Å². The van der Waals surface area contributed by atoms with Crippen molar-refractivity contribution in [2.24, 2.45) is 0 Å². The molecule has 0 spiro atoms. The van der Waals surface area contributed by atoms with E-state index >= 15 is 0 Å². The van der Waals surface area contributed by atoms with Gasteiger partial charge in [-0.25, -0.2) is 9.67 Å². The molecular formula is C17H16N4O2S. The highest BCUT2D eigenvalue weighted by Crippen LogP contribution is 2.25. The van der Waals surface area contributed by atoms with E-state index in [-0.39, 0.29) is 5.91 Å². The fourth-order valence-corrected chi connectivity index (χ4v) is 3.52. The van der Waals surface area contributed by atoms with E-state index in [0.29, 0.717) is 25.2 Å². The average Bonchev–Trinajstić information content (AvgIpc) is 3.35. The zero-order valence-corrected chi connectivity index (χ0v) is 13.7. The Balaban J connectivity index is 1.55. The molecule has 0 aliphatic carbocycles. The number of likely N-dealkylation sites (tertiary alicyclic amines) is 1. The molecule has 6 nitrogen and oxygen atoms in total. The molecule has 0 unspecified atom stereocenters. The number of carbonyl (C=O) groups excluding carboxylic acids is 1. The predicted octanol–water partition coefficient (Wildman–Crippen LogP) is 2.20. The number of hydrogen-bond acceptors (Lipinski definition) is 5. The first kappa shape index (κ1) is 15.0. The third kappa shape index (κ3) is 2.83. The molecule has 1 aliphatic heterocycles. The van der Waals surface area contributed by atoms with Gasteiger partial charge in [-0.2, -0.15) is 5.10 Å². The lowest BCUT2D eigenvalue weighted by Gasteiger charge is -2.13. The van der Waals surface area contributed by atoms with Gasteiger partial charge < -0.3 is 10.0 Å². The van der Waals surface area contributed by atoms with Gasteiger partial charge in [0.25, 0.3) is 5.91 Å². The summed E-state index contributed by atoms with van der Waals surface area (Å²) < 4.78 is 1.79. The molecule has 7 heteroatoms. The number of carbonyl (C=O) groups is 1. The van der Waals surface area contributed by atoms with Gasteiger partial charge in [-0.05, 0) is 18.6 Å². The van der Waals surface area contributed by atoms with Gasteiger partial charge in [-0.15, -0.1) is 11.3 Å². The summed E-state index contributed by atoms with van der Waals surface area (Å²) in [6, 6.07) is 9.84. The normalized spacial score (nSPS) is 17.4. The summed E-state index contributed by atoms with van der Waals surface area (Å²) in [6.45, 7) is 0.969. The summed E-state index contributed by atoms with van der Waals surface area (Å²) in [5.74, 6) is -0.121. The maximum absolute atomic E-state index is 12.4. The van der Waals surface area contributed by atoms with Crippen LogP contribution in [0.5, 0.6) is 0 Å². The van der Waals surface area contributed by atoms with Crippen molar-refractivity contribution in [2.45, 2.75) is 12.5 Å². The lowest BCUT2D eigenvalue weighted by Crippen LogP contribution is -2.29. The molecule has 1 aromatic carbocycles. The molecule has 0 radical (unpaired) electrons. The highest BCUT2D eigenvalue weighted by molar-refractivity contribution is 7.13. The van der Waals surface area contributed by atoms with Crippen LogP contribution in [0, 0.1) is 0 Å². The predicted molar refractivity (Wildman–Crippen MR) is 91.2 cm³/mol. The summed E-state index contributed by atoms with van der Waals surface area (Å²) in [4.78, 5) is 18.5. The summed E-state index contributed by atoms with van der Waals surface area (Å²) >= 11 is 1.42. The van der Waals surface area contributed by atoms with Crippen LogP contribution in [0.3, 0.4) is 0 Å². The Labute approximate surface area is 143 Å². The fourth-order valence-electron chi connectivity index (χ4n) is 2.75. The van der Waals surface area contributed by atoms with E-state index in [1.165, 1.54) is 11.3 Å². The van der Waals surface area contributed by atoms with E-state index in [4.69, 9.17) is 0 Å². The van der Waals surface area contributed by atoms with Gasteiger partial charge in [0.05, 0.1) is 18.0 Å². The quantitative estimate of drug-likeness (QED) is 0.793. The molecule has 1 atom stereocenters. The van der Waals surface area contributed by atoms with Crippen molar-refractivity contribution in [3.63, 3.8) is 0 Å². The van der Waals surface area contributed by atoms with Gasteiger partial charge in [0.2, 0.25) is 0 Å². The third-order valence-corrected chi connectivity index (χ3v) is 4.92. The van der Waals surface area contributed by atoms with Gasteiger partial charge in [0.1, 0.15) is 10.7 Å². The van der Waals surface area contributed by atoms with Crippen LogP contribution in [-0.4, -0.2) is 49.9 Å². The van der Waals surface area contributed by atoms with Gasteiger partial charge in [-0.3, -0.25) is 4.79 Å². The van der Waals surface area contributed by atoms with Crippen LogP contribution in [-0.2, 0) is 0 Å². The summed E-state index contributed by atoms with van der Waals surface area (Å²) in [7, 11) is 0. The second-order valence-corrected chi connectivity index (χ2v) is 6.60. The number of thiazole rings is 1. The number of rotatable bonds is 3. The molecule has 3 heterocycles. The molecule has 1 saturated heterocycles. The molecule has 1 amide bonds. The summed E-state index contributed by atoms with van der Waals surface area (Å²) in [6.07, 6.45) is 3.87. The fraction of sp³-hybridized carbons (Fsp3) is 0.235. The molecule has 24 heavy (non-hydrogen) atoms. The molecule has 0 saturated carbocycles. The Hall–Kier alpha value is -2.51. The minimum absolute atomic E-state index is 0.121. The zero-order chi connectivity index (χ0) is 16.5. The Morgan fingerprint density at radius 1 is 1.29 bits per heavy atom. The van der Waals surface area contributed by atoms with E-state index in [2.05, 4.69) is 10.1 Å². The van der Waals surface area contributed by atoms with Crippen molar-refractivity contribution in [2.75, 3.05) is 13.1 Å². The van der Waals surface area contributed by atoms with Gasteiger partial charge in [-0.1, -0.05) is 18.2 Å². The van der Waals surface area contributed by atoms with Crippen molar-refractivity contribution in [1.82, 2.24) is 19.7 Å². The standard InChI is InChI=1S/C17H16N4O2S/c22-14-6-7-20(10-14)17(23)15-11-24-16(19-15)12-8-18-21(9-12)13-4-2-1-3-5-13/h1-5,8-9,11,14,22H,6-7,10H2/t14-/m0/s1. The second-order valence-electron chi connectivity index (χ2n) is 5.74. The van der Waals surface area contributed by atoms with Gasteiger partial charge in [0.15, 0.2) is 0 Å². The Morgan fingerprint density at radius 2 is 2.12 bits per heavy atom. The SMILES string of the molecule is O=C(c1csc(-c2cnn(-c3ccccc3)c2)n1)N1CC[C@H](O)C1. The van der Waals surface area contributed by atoms with Gasteiger partial charge in [0, 0.05) is 30.2 Å². The first-order valence-corrected chi connectivity index (χ1v) is 8.62. The van der Waals surface area contributed by atoms with Crippen molar-refractivity contribution < 1.29 is 9.90 Å². The molecular weight excluding hydrogens is 324 g/mol. The highest BCUT2D eigenvalue weighted by Gasteiger charge is 2.27. The smallest absolute Gasteiger partial charge is 0.273 e. The number of aromatic nitrogens is 3. The van der Waals surface area contributed by atoms with E-state index in [1.54, 1.807) is 21.2 Å². The van der Waals surface area contributed by atoms with E-state index in [0.717, 1.165) is 16.3 Å². The monoisotopic (exact) mass is 340 g/mol. The number of hydrogen-bond donors (Lipinski definition) is 1. The number of nitrogens with zero attached hydrogens (tertiary/aromatic N) is 4. The summed E-state index contributed by atoms with van der Waals surface area (Å²) in [5.41, 5.74) is 2.28. The van der Waals surface area contributed by atoms with Gasteiger partial charge >= 0.3 is 0 Å². The molecule has 0 bridgehead atoms. The zero-order valence-electron chi connectivity index (χ0n) is 12.9. The molecule has 1 N–H and O–H groups in total. The van der Waals surface area contributed by atoms with Crippen LogP contribution in [0.2, 0.25) is 0 Å². The van der Waals surface area contributed by atoms with Crippen LogP contribution in [0.15, 0.2) is 48.1 Å². The van der Waals surface area contributed by atoms with Crippen LogP contribution in [0.25, 0.3) is 16.3 Å². The molecule has 4 rings (SSSR count). The van der Waals surface area contributed by atoms with Crippen LogP contribution in [0.4, 0.5) is 0 Å². The van der Waals surface area contributed by atoms with E-state index < -0.39 is 6.10 Å². The lowest BCUT2D eigenvalue weighted by atomic mass is 10.3. The second kappa shape index (κ2) is 6.18. The van der Waals surface area contributed by atoms with Crippen LogP contribution in [0.1, 0.15) is 16.9 Å². The number of aliphatic hydroxyl groups excluding tert-OH is 1. The molecule has 1 aliphatic rings. The Bertz CT molecular complexity index is 858. The minimum atomic E-state index is -0.420. The Kier molecular flexibility index (Phi) is 3.87. The number of β-amino-alcohol motifs (C(OH)–C–C–N with tert-alkyl or cyclic N) is 1. The first-order valence-electron chi connectivity index (χ1n) is 7.74. The molecule has 122 valence electrons.